The van der Waals surface area contributed by atoms with Gasteiger partial charge in [0, 0.05) is 0 Å². The van der Waals surface area contributed by atoms with E-state index in [0.29, 0.717) is 6.61 Å². The summed E-state index contributed by atoms with van der Waals surface area (Å²) in [6, 6.07) is 7.92. The Labute approximate surface area is 72.8 Å². The monoisotopic (exact) mass is 166 g/mol. The van der Waals surface area contributed by atoms with Crippen molar-refractivity contribution in [2.45, 2.75) is 13.3 Å². The summed E-state index contributed by atoms with van der Waals surface area (Å²) in [5.41, 5.74) is 1.26. The van der Waals surface area contributed by atoms with Crippen LogP contribution in [0.4, 0.5) is 0 Å². The molecule has 1 aromatic carbocycles. The van der Waals surface area contributed by atoms with E-state index >= 15 is 0 Å². The second-order valence-electron chi connectivity index (χ2n) is 2.57. The molecule has 0 bridgehead atoms. The molecule has 0 saturated heterocycles. The molecule has 0 spiro atoms. The molecule has 0 unspecified atom stereocenters. The topological polar surface area (TPSA) is 29.5 Å². The van der Waals surface area contributed by atoms with Crippen molar-refractivity contribution in [3.8, 4) is 5.75 Å². The Kier molecular flexibility index (Phi) is 3.61. The van der Waals surface area contributed by atoms with Gasteiger partial charge < -0.3 is 9.84 Å². The number of hydrogen-bond donors (Lipinski definition) is 1. The highest BCUT2D eigenvalue weighted by Gasteiger charge is 1.93. The third-order valence-electron chi connectivity index (χ3n) is 1.67. The Morgan fingerprint density at radius 3 is 2.92 bits per heavy atom. The zero-order valence-electron chi connectivity index (χ0n) is 7.29. The molecule has 0 aliphatic carbocycles. The van der Waals surface area contributed by atoms with Crippen molar-refractivity contribution >= 4 is 0 Å². The number of hydrogen-bond acceptors (Lipinski definition) is 2. The van der Waals surface area contributed by atoms with Gasteiger partial charge in [0.2, 0.25) is 0 Å². The van der Waals surface area contributed by atoms with Crippen LogP contribution in [-0.4, -0.2) is 18.3 Å². The van der Waals surface area contributed by atoms with Crippen LogP contribution in [0.15, 0.2) is 24.3 Å². The van der Waals surface area contributed by atoms with Crippen LogP contribution in [0.1, 0.15) is 12.5 Å². The lowest BCUT2D eigenvalue weighted by Crippen LogP contribution is -2.01. The van der Waals surface area contributed by atoms with E-state index in [9.17, 15) is 0 Å². The molecule has 2 heteroatoms. The van der Waals surface area contributed by atoms with E-state index in [1.54, 1.807) is 0 Å². The average Bonchev–Trinajstić information content (AvgIpc) is 2.15. The van der Waals surface area contributed by atoms with Gasteiger partial charge in [-0.05, 0) is 24.1 Å². The highest BCUT2D eigenvalue weighted by Crippen LogP contribution is 2.13. The minimum atomic E-state index is 0.0658. The minimum absolute atomic E-state index is 0.0658. The molecular weight excluding hydrogens is 152 g/mol. The van der Waals surface area contributed by atoms with Gasteiger partial charge in [-0.2, -0.15) is 0 Å². The van der Waals surface area contributed by atoms with Crippen LogP contribution in [0, 0.1) is 0 Å². The van der Waals surface area contributed by atoms with Crippen LogP contribution in [0.5, 0.6) is 5.75 Å². The summed E-state index contributed by atoms with van der Waals surface area (Å²) in [6.45, 7) is 2.54. The Bertz CT molecular complexity index is 233. The SMILES string of the molecule is CCc1cccc(OCCO)c1. The van der Waals surface area contributed by atoms with Gasteiger partial charge in [0.15, 0.2) is 0 Å². The Balaban J connectivity index is 2.60. The lowest BCUT2D eigenvalue weighted by Gasteiger charge is -2.04. The van der Waals surface area contributed by atoms with Crippen LogP contribution in [0.2, 0.25) is 0 Å². The Hall–Kier alpha value is -1.02. The standard InChI is InChI=1S/C10H14O2/c1-2-9-4-3-5-10(8-9)12-7-6-11/h3-5,8,11H,2,6-7H2,1H3. The van der Waals surface area contributed by atoms with Gasteiger partial charge in [0.25, 0.3) is 0 Å². The third-order valence-corrected chi connectivity index (χ3v) is 1.67. The Morgan fingerprint density at radius 2 is 2.25 bits per heavy atom. The molecule has 12 heavy (non-hydrogen) atoms. The molecule has 0 radical (unpaired) electrons. The number of aliphatic hydroxyl groups is 1. The molecule has 0 aromatic heterocycles. The molecule has 1 rings (SSSR count). The predicted molar refractivity (Wildman–Crippen MR) is 48.4 cm³/mol. The first-order chi connectivity index (χ1) is 5.86. The molecule has 2 nitrogen and oxygen atoms in total. The summed E-state index contributed by atoms with van der Waals surface area (Å²) < 4.78 is 5.25. The molecule has 1 N–H and O–H groups in total. The number of rotatable bonds is 4. The number of aryl methyl sites for hydroxylation is 1. The van der Waals surface area contributed by atoms with Crippen molar-refractivity contribution < 1.29 is 9.84 Å². The van der Waals surface area contributed by atoms with Crippen LogP contribution >= 0.6 is 0 Å². The van der Waals surface area contributed by atoms with Gasteiger partial charge in [-0.3, -0.25) is 0 Å². The van der Waals surface area contributed by atoms with Crippen molar-refractivity contribution in [3.05, 3.63) is 29.8 Å². The van der Waals surface area contributed by atoms with Crippen molar-refractivity contribution in [3.63, 3.8) is 0 Å². The molecule has 1 aromatic rings. The first-order valence-corrected chi connectivity index (χ1v) is 4.19. The van der Waals surface area contributed by atoms with E-state index in [0.717, 1.165) is 12.2 Å². The summed E-state index contributed by atoms with van der Waals surface area (Å²) in [4.78, 5) is 0. The van der Waals surface area contributed by atoms with Gasteiger partial charge in [-0.25, -0.2) is 0 Å². The first kappa shape index (κ1) is 9.07. The van der Waals surface area contributed by atoms with Crippen molar-refractivity contribution in [2.75, 3.05) is 13.2 Å². The maximum atomic E-state index is 8.53. The predicted octanol–water partition coefficient (Wildman–Crippen LogP) is 1.62. The third kappa shape index (κ3) is 2.55. The summed E-state index contributed by atoms with van der Waals surface area (Å²) in [7, 11) is 0. The highest BCUT2D eigenvalue weighted by molar-refractivity contribution is 5.28. The van der Waals surface area contributed by atoms with Gasteiger partial charge in [-0.15, -0.1) is 0 Å². The van der Waals surface area contributed by atoms with Gasteiger partial charge in [-0.1, -0.05) is 19.1 Å². The molecule has 0 heterocycles. The van der Waals surface area contributed by atoms with Crippen molar-refractivity contribution in [1.29, 1.82) is 0 Å². The molecular formula is C10H14O2. The summed E-state index contributed by atoms with van der Waals surface area (Å²) in [6.07, 6.45) is 1.01. The zero-order valence-corrected chi connectivity index (χ0v) is 7.29. The number of benzene rings is 1. The molecule has 66 valence electrons. The van der Waals surface area contributed by atoms with Crippen LogP contribution < -0.4 is 4.74 Å². The largest absolute Gasteiger partial charge is 0.491 e. The maximum absolute atomic E-state index is 8.53. The van der Waals surface area contributed by atoms with Gasteiger partial charge in [0.05, 0.1) is 6.61 Å². The molecule has 0 amide bonds. The van der Waals surface area contributed by atoms with Gasteiger partial charge in [0.1, 0.15) is 12.4 Å². The fraction of sp³-hybridized carbons (Fsp3) is 0.400. The van der Waals surface area contributed by atoms with Crippen molar-refractivity contribution in [2.24, 2.45) is 0 Å². The summed E-state index contributed by atoms with van der Waals surface area (Å²) in [5.74, 6) is 0.836. The van der Waals surface area contributed by atoms with Crippen LogP contribution in [0.3, 0.4) is 0 Å². The molecule has 0 aliphatic heterocycles. The lowest BCUT2D eigenvalue weighted by atomic mass is 10.2. The summed E-state index contributed by atoms with van der Waals surface area (Å²) in [5, 5.41) is 8.53. The number of ether oxygens (including phenoxy) is 1. The smallest absolute Gasteiger partial charge is 0.119 e. The average molecular weight is 166 g/mol. The lowest BCUT2D eigenvalue weighted by molar-refractivity contribution is 0.201. The quantitative estimate of drug-likeness (QED) is 0.736. The van der Waals surface area contributed by atoms with E-state index in [1.807, 2.05) is 18.2 Å². The molecule has 0 fully saturated rings. The fourth-order valence-corrected chi connectivity index (χ4v) is 1.02. The fourth-order valence-electron chi connectivity index (χ4n) is 1.02. The molecule has 0 aliphatic rings. The minimum Gasteiger partial charge on any atom is -0.491 e. The van der Waals surface area contributed by atoms with Crippen LogP contribution in [-0.2, 0) is 6.42 Å². The van der Waals surface area contributed by atoms with E-state index in [4.69, 9.17) is 9.84 Å². The normalized spacial score (nSPS) is 9.83. The summed E-state index contributed by atoms with van der Waals surface area (Å²) >= 11 is 0. The first-order valence-electron chi connectivity index (χ1n) is 4.19. The second-order valence-corrected chi connectivity index (χ2v) is 2.57. The zero-order chi connectivity index (χ0) is 8.81. The highest BCUT2D eigenvalue weighted by atomic mass is 16.5. The Morgan fingerprint density at radius 1 is 1.42 bits per heavy atom. The van der Waals surface area contributed by atoms with E-state index in [2.05, 4.69) is 13.0 Å². The second kappa shape index (κ2) is 4.78. The molecule has 0 atom stereocenters. The van der Waals surface area contributed by atoms with E-state index in [1.165, 1.54) is 5.56 Å². The van der Waals surface area contributed by atoms with Crippen molar-refractivity contribution in [1.82, 2.24) is 0 Å². The maximum Gasteiger partial charge on any atom is 0.119 e. The number of aliphatic hydroxyl groups excluding tert-OH is 1. The molecule has 0 saturated carbocycles. The van der Waals surface area contributed by atoms with Gasteiger partial charge >= 0.3 is 0 Å². The van der Waals surface area contributed by atoms with E-state index < -0.39 is 0 Å². The van der Waals surface area contributed by atoms with Crippen LogP contribution in [0.25, 0.3) is 0 Å². The van der Waals surface area contributed by atoms with E-state index in [-0.39, 0.29) is 6.61 Å².